The van der Waals surface area contributed by atoms with Crippen molar-refractivity contribution in [3.05, 3.63) is 41.3 Å². The molecule has 0 saturated carbocycles. The van der Waals surface area contributed by atoms with Crippen LogP contribution in [-0.2, 0) is 6.42 Å². The Hall–Kier alpha value is -2.46. The van der Waals surface area contributed by atoms with Crippen molar-refractivity contribution in [2.24, 2.45) is 0 Å². The molecular formula is C21H21ClN6O2S. The number of pyridine rings is 2. The number of aryl methyl sites for hydroxylation is 1. The van der Waals surface area contributed by atoms with Crippen LogP contribution in [0.4, 0.5) is 5.82 Å². The average molecular weight is 457 g/mol. The smallest absolute Gasteiger partial charge is 0.196 e. The third-order valence-electron chi connectivity index (χ3n) is 5.58. The Morgan fingerprint density at radius 3 is 2.97 bits per heavy atom. The minimum atomic E-state index is -0.620. The lowest BCUT2D eigenvalue weighted by Crippen LogP contribution is -2.38. The molecule has 8 nitrogen and oxygen atoms in total. The van der Waals surface area contributed by atoms with E-state index in [-0.39, 0.29) is 6.61 Å². The highest BCUT2D eigenvalue weighted by Gasteiger charge is 2.35. The number of rotatable bonds is 5. The van der Waals surface area contributed by atoms with Gasteiger partial charge in [0.05, 0.1) is 40.2 Å². The van der Waals surface area contributed by atoms with Gasteiger partial charge in [-0.1, -0.05) is 18.5 Å². The SMILES string of the molecule is CCc1[nH]c2nc(Sc3cnc4cccnc4c3)nc(N3CC[C@H](O)[C@H]3CO)c2c1Cl. The number of anilines is 1. The number of hydrogen-bond acceptors (Lipinski definition) is 8. The van der Waals surface area contributed by atoms with Crippen LogP contribution in [0.25, 0.3) is 22.1 Å². The van der Waals surface area contributed by atoms with Gasteiger partial charge in [-0.15, -0.1) is 0 Å². The zero-order valence-corrected chi connectivity index (χ0v) is 18.4. The predicted molar refractivity (Wildman–Crippen MR) is 121 cm³/mol. The summed E-state index contributed by atoms with van der Waals surface area (Å²) in [5.41, 5.74) is 3.14. The van der Waals surface area contributed by atoms with Gasteiger partial charge < -0.3 is 20.1 Å². The Balaban J connectivity index is 1.61. The van der Waals surface area contributed by atoms with Crippen LogP contribution in [0.2, 0.25) is 5.02 Å². The molecule has 4 aromatic rings. The highest BCUT2D eigenvalue weighted by molar-refractivity contribution is 7.99. The Morgan fingerprint density at radius 2 is 2.16 bits per heavy atom. The second-order valence-electron chi connectivity index (χ2n) is 7.44. The number of nitrogens with one attached hydrogen (secondary N) is 1. The second kappa shape index (κ2) is 8.23. The van der Waals surface area contributed by atoms with E-state index in [1.54, 1.807) is 12.4 Å². The molecule has 2 atom stereocenters. The fourth-order valence-corrected chi connectivity index (χ4v) is 5.09. The summed E-state index contributed by atoms with van der Waals surface area (Å²) < 4.78 is 0. The Kier molecular flexibility index (Phi) is 5.43. The van der Waals surface area contributed by atoms with E-state index in [1.807, 2.05) is 30.0 Å². The molecule has 5 heterocycles. The van der Waals surface area contributed by atoms with Crippen LogP contribution in [0.1, 0.15) is 19.0 Å². The molecule has 0 spiro atoms. The maximum Gasteiger partial charge on any atom is 0.196 e. The van der Waals surface area contributed by atoms with Gasteiger partial charge in [-0.25, -0.2) is 9.97 Å². The number of aromatic nitrogens is 5. The maximum absolute atomic E-state index is 10.3. The molecule has 0 aromatic carbocycles. The Labute approximate surface area is 187 Å². The summed E-state index contributed by atoms with van der Waals surface area (Å²) in [6.45, 7) is 2.42. The molecule has 0 radical (unpaired) electrons. The quantitative estimate of drug-likeness (QED) is 0.392. The zero-order valence-electron chi connectivity index (χ0n) is 16.8. The van der Waals surface area contributed by atoms with Crippen LogP contribution in [-0.4, -0.2) is 60.4 Å². The monoisotopic (exact) mass is 456 g/mol. The standard InChI is InChI=1S/C21H21ClN6O2S/c1-2-12-18(22)17-19(25-12)26-21(27-20(17)28-7-5-16(30)15(28)10-29)31-11-8-14-13(24-9-11)4-3-6-23-14/h3-4,6,8-9,15-16,29-30H,2,5,7,10H2,1H3,(H,25,26,27)/t15-,16+/m1/s1. The maximum atomic E-state index is 10.3. The van der Waals surface area contributed by atoms with Gasteiger partial charge in [0.25, 0.3) is 0 Å². The van der Waals surface area contributed by atoms with Gasteiger partial charge in [-0.2, -0.15) is 0 Å². The van der Waals surface area contributed by atoms with Crippen molar-refractivity contribution in [3.8, 4) is 0 Å². The van der Waals surface area contributed by atoms with Crippen LogP contribution < -0.4 is 4.90 Å². The lowest BCUT2D eigenvalue weighted by Gasteiger charge is -2.26. The number of aliphatic hydroxyl groups excluding tert-OH is 2. The fraction of sp³-hybridized carbons (Fsp3) is 0.333. The van der Waals surface area contributed by atoms with Crippen LogP contribution in [0.15, 0.2) is 40.6 Å². The van der Waals surface area contributed by atoms with Crippen molar-refractivity contribution in [1.82, 2.24) is 24.9 Å². The van der Waals surface area contributed by atoms with Crippen LogP contribution in [0.3, 0.4) is 0 Å². The minimum absolute atomic E-state index is 0.169. The van der Waals surface area contributed by atoms with Crippen molar-refractivity contribution >= 4 is 51.2 Å². The summed E-state index contributed by atoms with van der Waals surface area (Å²) in [6, 6.07) is 5.29. The molecule has 3 N–H and O–H groups in total. The van der Waals surface area contributed by atoms with Crippen LogP contribution in [0.5, 0.6) is 0 Å². The van der Waals surface area contributed by atoms with Crippen LogP contribution in [0, 0.1) is 0 Å². The van der Waals surface area contributed by atoms with Crippen LogP contribution >= 0.6 is 23.4 Å². The molecule has 160 valence electrons. The first-order valence-electron chi connectivity index (χ1n) is 10.1. The first kappa shape index (κ1) is 20.4. The Morgan fingerprint density at radius 1 is 1.29 bits per heavy atom. The number of fused-ring (bicyclic) bond motifs is 2. The number of halogens is 1. The van der Waals surface area contributed by atoms with E-state index < -0.39 is 12.1 Å². The molecule has 10 heteroatoms. The van der Waals surface area contributed by atoms with E-state index >= 15 is 0 Å². The lowest BCUT2D eigenvalue weighted by atomic mass is 10.2. The van der Waals surface area contributed by atoms with Gasteiger partial charge in [0.15, 0.2) is 5.16 Å². The third kappa shape index (κ3) is 3.61. The molecule has 1 aliphatic rings. The first-order chi connectivity index (χ1) is 15.1. The van der Waals surface area contributed by atoms with E-state index in [0.29, 0.717) is 40.0 Å². The molecule has 31 heavy (non-hydrogen) atoms. The van der Waals surface area contributed by atoms with E-state index in [9.17, 15) is 10.2 Å². The summed E-state index contributed by atoms with van der Waals surface area (Å²) in [5, 5.41) is 22.0. The van der Waals surface area contributed by atoms with Crippen molar-refractivity contribution < 1.29 is 10.2 Å². The van der Waals surface area contributed by atoms with Gasteiger partial charge in [0.2, 0.25) is 0 Å². The fourth-order valence-electron chi connectivity index (χ4n) is 3.98. The number of nitrogens with zero attached hydrogens (tertiary/aromatic N) is 5. The highest BCUT2D eigenvalue weighted by Crippen LogP contribution is 2.39. The number of aromatic amines is 1. The molecule has 1 saturated heterocycles. The summed E-state index contributed by atoms with van der Waals surface area (Å²) in [7, 11) is 0. The molecule has 0 amide bonds. The average Bonchev–Trinajstić information content (AvgIpc) is 3.32. The van der Waals surface area contributed by atoms with Gasteiger partial charge in [-0.05, 0) is 42.8 Å². The predicted octanol–water partition coefficient (Wildman–Crippen LogP) is 3.20. The molecule has 4 aromatic heterocycles. The molecular weight excluding hydrogens is 436 g/mol. The second-order valence-corrected chi connectivity index (χ2v) is 8.86. The van der Waals surface area contributed by atoms with E-state index in [0.717, 1.165) is 28.0 Å². The Bertz CT molecular complexity index is 1270. The number of hydrogen-bond donors (Lipinski definition) is 3. The topological polar surface area (TPSA) is 111 Å². The summed E-state index contributed by atoms with van der Waals surface area (Å²) in [6.07, 6.45) is 4.17. The molecule has 0 aliphatic carbocycles. The van der Waals surface area contributed by atoms with Gasteiger partial charge >= 0.3 is 0 Å². The summed E-state index contributed by atoms with van der Waals surface area (Å²) in [5.74, 6) is 0.621. The van der Waals surface area contributed by atoms with Crippen molar-refractivity contribution in [2.45, 2.75) is 42.0 Å². The van der Waals surface area contributed by atoms with Crippen molar-refractivity contribution in [2.75, 3.05) is 18.1 Å². The largest absolute Gasteiger partial charge is 0.394 e. The molecule has 1 fully saturated rings. The molecule has 0 bridgehead atoms. The summed E-state index contributed by atoms with van der Waals surface area (Å²) >= 11 is 8.04. The number of H-pyrrole nitrogens is 1. The van der Waals surface area contributed by atoms with Crippen molar-refractivity contribution in [1.29, 1.82) is 0 Å². The summed E-state index contributed by atoms with van der Waals surface area (Å²) in [4.78, 5) is 24.4. The molecule has 5 rings (SSSR count). The normalized spacial score (nSPS) is 19.0. The third-order valence-corrected chi connectivity index (χ3v) is 6.82. The van der Waals surface area contributed by atoms with Gasteiger partial charge in [0.1, 0.15) is 11.5 Å². The van der Waals surface area contributed by atoms with Gasteiger partial charge in [-0.3, -0.25) is 9.97 Å². The lowest BCUT2D eigenvalue weighted by molar-refractivity contribution is 0.128. The van der Waals surface area contributed by atoms with Crippen molar-refractivity contribution in [3.63, 3.8) is 0 Å². The minimum Gasteiger partial charge on any atom is -0.394 e. The zero-order chi connectivity index (χ0) is 21.5. The van der Waals surface area contributed by atoms with E-state index in [4.69, 9.17) is 21.6 Å². The number of aliphatic hydroxyl groups is 2. The highest BCUT2D eigenvalue weighted by atomic mass is 35.5. The first-order valence-corrected chi connectivity index (χ1v) is 11.3. The molecule has 1 aliphatic heterocycles. The van der Waals surface area contributed by atoms with Gasteiger partial charge in [0, 0.05) is 29.5 Å². The van der Waals surface area contributed by atoms with E-state index in [1.165, 1.54) is 11.8 Å². The van der Waals surface area contributed by atoms with E-state index in [2.05, 4.69) is 15.0 Å². The molecule has 0 unspecified atom stereocenters.